The lowest BCUT2D eigenvalue weighted by atomic mass is 9.84. The zero-order valence-corrected chi connectivity index (χ0v) is 48.5. The van der Waals surface area contributed by atoms with E-state index >= 15 is 0 Å². The fourth-order valence-corrected chi connectivity index (χ4v) is 10.4. The summed E-state index contributed by atoms with van der Waals surface area (Å²) in [7, 11) is 3.29. The maximum Gasteiger partial charge on any atom is 0.335 e. The third-order valence-corrected chi connectivity index (χ3v) is 15.1. The number of H-pyrrole nitrogens is 2. The number of hydrogen-bond acceptors (Lipinski definition) is 14. The highest BCUT2D eigenvalue weighted by molar-refractivity contribution is 6.15. The summed E-state index contributed by atoms with van der Waals surface area (Å²) in [5, 5.41) is 24.6. The van der Waals surface area contributed by atoms with Crippen molar-refractivity contribution in [2.75, 3.05) is 27.4 Å². The Hall–Kier alpha value is -8.48. The molecule has 1 saturated carbocycles. The Morgan fingerprint density at radius 3 is 1.41 bits per heavy atom. The van der Waals surface area contributed by atoms with Crippen molar-refractivity contribution in [2.24, 2.45) is 5.73 Å². The van der Waals surface area contributed by atoms with Crippen LogP contribution in [0.3, 0.4) is 0 Å². The van der Waals surface area contributed by atoms with Gasteiger partial charge in [0.05, 0.1) is 83.7 Å². The van der Waals surface area contributed by atoms with Crippen molar-refractivity contribution in [1.82, 2.24) is 45.5 Å². The summed E-state index contributed by atoms with van der Waals surface area (Å²) in [5.41, 5.74) is 19.0. The molecule has 1 aliphatic carbocycles. The number of carbonyl (C=O) groups excluding carboxylic acids is 1. The monoisotopic (exact) mass is 1090 g/mol. The van der Waals surface area contributed by atoms with Gasteiger partial charge in [-0.05, 0) is 137 Å². The molecule has 420 valence electrons. The Bertz CT molecular complexity index is 4050. The molecule has 6 aromatic heterocycles. The molecule has 2 fully saturated rings. The highest BCUT2D eigenvalue weighted by Gasteiger charge is 2.28. The van der Waals surface area contributed by atoms with Crippen molar-refractivity contribution in [3.8, 4) is 56.3 Å². The largest absolute Gasteiger partial charge is 0.496 e. The maximum atomic E-state index is 13.3. The van der Waals surface area contributed by atoms with Gasteiger partial charge >= 0.3 is 5.97 Å². The lowest BCUT2D eigenvalue weighted by Crippen LogP contribution is -2.48. The highest BCUT2D eigenvalue weighted by Crippen LogP contribution is 2.44. The molecule has 6 N–H and O–H groups in total. The van der Waals surface area contributed by atoms with Gasteiger partial charge < -0.3 is 49.4 Å². The summed E-state index contributed by atoms with van der Waals surface area (Å²) < 4.78 is 27.7. The van der Waals surface area contributed by atoms with E-state index in [1.807, 2.05) is 84.0 Å². The molecule has 81 heavy (non-hydrogen) atoms. The van der Waals surface area contributed by atoms with Crippen molar-refractivity contribution in [2.45, 2.75) is 125 Å². The first kappa shape index (κ1) is 55.8. The molecule has 1 aliphatic heterocycles. The smallest absolute Gasteiger partial charge is 0.335 e. The van der Waals surface area contributed by atoms with Crippen LogP contribution >= 0.6 is 0 Å². The average Bonchev–Trinajstić information content (AvgIpc) is 4.35. The molecule has 4 aromatic carbocycles. The molecule has 2 aliphatic rings. The number of benzene rings is 4. The topological polar surface area (TPSA) is 255 Å². The van der Waals surface area contributed by atoms with Crippen LogP contribution in [-0.2, 0) is 15.6 Å². The van der Waals surface area contributed by atoms with Gasteiger partial charge in [0.25, 0.3) is 5.91 Å². The normalized spacial score (nSPS) is 13.9. The van der Waals surface area contributed by atoms with Crippen LogP contribution in [0.4, 0.5) is 0 Å². The molecule has 0 unspecified atom stereocenters. The summed E-state index contributed by atoms with van der Waals surface area (Å²) in [6.07, 6.45) is 3.89. The predicted molar refractivity (Wildman–Crippen MR) is 314 cm³/mol. The Labute approximate surface area is 469 Å². The van der Waals surface area contributed by atoms with Gasteiger partial charge in [-0.2, -0.15) is 0 Å². The van der Waals surface area contributed by atoms with Crippen molar-refractivity contribution in [3.63, 3.8) is 0 Å². The van der Waals surface area contributed by atoms with Crippen LogP contribution in [0, 0.1) is 41.5 Å². The SMILES string of the molecule is COc1cc2c(cc1-c1c(C)noc1C)[nH]c1nc(C)nc(-c3cc(C(=O)NC4COC4)cc(C(C)(C)C)c3)c12.COc1cc2c(cc1-c1c(C)noc1C)[nH]c1nc(C)nc(-c3cc(C(=O)O)cc(C(C)(C)C)c3)c12.NC1CCC1. The Morgan fingerprint density at radius 2 is 1.06 bits per heavy atom. The van der Waals surface area contributed by atoms with E-state index in [2.05, 4.69) is 78.2 Å². The van der Waals surface area contributed by atoms with E-state index in [0.29, 0.717) is 70.7 Å². The third-order valence-electron chi connectivity index (χ3n) is 15.1. The number of rotatable bonds is 9. The highest BCUT2D eigenvalue weighted by atomic mass is 16.5. The number of ether oxygens (including phenoxy) is 3. The van der Waals surface area contributed by atoms with Gasteiger partial charge in [0.2, 0.25) is 0 Å². The van der Waals surface area contributed by atoms with E-state index in [-0.39, 0.29) is 28.3 Å². The van der Waals surface area contributed by atoms with E-state index in [9.17, 15) is 14.7 Å². The molecule has 0 spiro atoms. The lowest BCUT2D eigenvalue weighted by molar-refractivity contribution is -0.00346. The van der Waals surface area contributed by atoms with E-state index < -0.39 is 5.97 Å². The number of aryl methyl sites for hydroxylation is 6. The van der Waals surface area contributed by atoms with Gasteiger partial charge in [0, 0.05) is 55.7 Å². The van der Waals surface area contributed by atoms with E-state index in [1.165, 1.54) is 19.3 Å². The summed E-state index contributed by atoms with van der Waals surface area (Å²) >= 11 is 0. The van der Waals surface area contributed by atoms with Crippen LogP contribution in [0.2, 0.25) is 0 Å². The first-order chi connectivity index (χ1) is 38.4. The molecule has 1 amide bonds. The second-order valence-electron chi connectivity index (χ2n) is 23.3. The van der Waals surface area contributed by atoms with Crippen LogP contribution < -0.4 is 20.5 Å². The Kier molecular flexibility index (Phi) is 14.8. The summed E-state index contributed by atoms with van der Waals surface area (Å²) in [6.45, 7) is 25.0. The number of fused-ring (bicyclic) bond motifs is 6. The molecule has 0 atom stereocenters. The molecule has 10 aromatic rings. The molecule has 7 heterocycles. The standard InChI is InChI=1S/C31H33N5O4.C28H28N4O4.C4H9N/c1-15-26(16(2)40-36-15)23-11-24-22(12-25(23)38-7)27-28(32-17(3)33-29(27)35-24)18-8-19(10-20(9-18)31(4,5)6)30(37)34-21-13-39-14-21;1-13-23(14(2)36-32-13)20-11-21-19(12-22(20)35-7)24-25(29-15(3)30-26(24)31-21)16-8-17(27(33)34)10-18(9-16)28(4,5)6;5-4-2-1-3-4/h8-12,21H,13-14H2,1-7H3,(H,34,37)(H,32,33,35);8-12H,1-7H3,(H,33,34)(H,29,30,31);4H,1-3,5H2. The minimum absolute atomic E-state index is 0.0372. The minimum atomic E-state index is -0.978. The lowest BCUT2D eigenvalue weighted by Gasteiger charge is -2.27. The minimum Gasteiger partial charge on any atom is -0.496 e. The van der Waals surface area contributed by atoms with Crippen LogP contribution in [0.25, 0.3) is 88.6 Å². The number of nitrogens with two attached hydrogens (primary N) is 1. The van der Waals surface area contributed by atoms with Crippen molar-refractivity contribution >= 4 is 55.7 Å². The predicted octanol–water partition coefficient (Wildman–Crippen LogP) is 12.7. The zero-order valence-electron chi connectivity index (χ0n) is 48.5. The Balaban J connectivity index is 0.000000168. The number of amides is 1. The number of hydrogen-bond donors (Lipinski definition) is 5. The number of nitrogens with zero attached hydrogens (tertiary/aromatic N) is 6. The third kappa shape index (κ3) is 11.0. The number of carboxylic acids is 1. The molecule has 18 heteroatoms. The number of methoxy groups -OCH3 is 2. The summed E-state index contributed by atoms with van der Waals surface area (Å²) in [6, 6.07) is 20.1. The average molecular weight is 1100 g/mol. The molecule has 0 radical (unpaired) electrons. The van der Waals surface area contributed by atoms with E-state index in [4.69, 9.17) is 43.9 Å². The van der Waals surface area contributed by atoms with Crippen LogP contribution in [0.15, 0.2) is 69.7 Å². The number of nitrogens with one attached hydrogen (secondary N) is 3. The van der Waals surface area contributed by atoms with Gasteiger partial charge in [0.1, 0.15) is 46.0 Å². The van der Waals surface area contributed by atoms with Crippen LogP contribution in [0.5, 0.6) is 11.5 Å². The summed E-state index contributed by atoms with van der Waals surface area (Å²) in [5.74, 6) is 2.91. The number of aromatic carboxylic acids is 1. The van der Waals surface area contributed by atoms with Crippen molar-refractivity contribution in [3.05, 3.63) is 117 Å². The molecule has 12 rings (SSSR count). The van der Waals surface area contributed by atoms with E-state index in [0.717, 1.165) is 99.9 Å². The van der Waals surface area contributed by atoms with E-state index in [1.54, 1.807) is 26.4 Å². The number of carbonyl (C=O) groups is 2. The van der Waals surface area contributed by atoms with Gasteiger partial charge in [0.15, 0.2) is 0 Å². The quantitative estimate of drug-likeness (QED) is 0.0901. The number of carboxylic acid groups (broad SMARTS) is 1. The molecular weight excluding hydrogens is 1020 g/mol. The molecule has 1 saturated heterocycles. The van der Waals surface area contributed by atoms with Gasteiger partial charge in [-0.25, -0.2) is 24.7 Å². The van der Waals surface area contributed by atoms with Gasteiger partial charge in [-0.3, -0.25) is 4.79 Å². The molecular formula is C63H70N10O8. The van der Waals surface area contributed by atoms with Gasteiger partial charge in [-0.1, -0.05) is 58.3 Å². The number of aromatic nitrogens is 8. The van der Waals surface area contributed by atoms with Gasteiger partial charge in [-0.15, -0.1) is 0 Å². The maximum absolute atomic E-state index is 13.3. The second-order valence-corrected chi connectivity index (χ2v) is 23.3. The number of aromatic amines is 2. The first-order valence-corrected chi connectivity index (χ1v) is 27.2. The Morgan fingerprint density at radius 1 is 0.630 bits per heavy atom. The second kappa shape index (κ2) is 21.5. The van der Waals surface area contributed by atoms with Crippen LogP contribution in [0.1, 0.15) is 127 Å². The van der Waals surface area contributed by atoms with Crippen molar-refractivity contribution in [1.29, 1.82) is 0 Å². The van der Waals surface area contributed by atoms with Crippen molar-refractivity contribution < 1.29 is 38.0 Å². The molecule has 18 nitrogen and oxygen atoms in total. The zero-order chi connectivity index (χ0) is 58.0. The van der Waals surface area contributed by atoms with Crippen LogP contribution in [-0.4, -0.2) is 96.7 Å². The fourth-order valence-electron chi connectivity index (χ4n) is 10.4. The first-order valence-electron chi connectivity index (χ1n) is 27.2. The fraction of sp³-hybridized carbons (Fsp3) is 0.365. The molecule has 0 bridgehead atoms. The summed E-state index contributed by atoms with van der Waals surface area (Å²) in [4.78, 5) is 51.2.